The fraction of sp³-hybridized carbons (Fsp3) is 0.250. The number of anilines is 1. The first kappa shape index (κ1) is 13.2. The fourth-order valence-corrected chi connectivity index (χ4v) is 3.04. The molecule has 104 valence electrons. The van der Waals surface area contributed by atoms with E-state index < -0.39 is 0 Å². The van der Waals surface area contributed by atoms with Crippen molar-refractivity contribution in [2.75, 3.05) is 18.1 Å². The molecule has 0 saturated carbocycles. The van der Waals surface area contributed by atoms with Crippen molar-refractivity contribution in [2.24, 2.45) is 0 Å². The van der Waals surface area contributed by atoms with Crippen molar-refractivity contribution < 1.29 is 9.47 Å². The minimum Gasteiger partial charge on any atom is -0.486 e. The Bertz CT molecular complexity index is 615. The van der Waals surface area contributed by atoms with E-state index in [1.165, 1.54) is 4.90 Å². The number of nitrogen functional groups attached to an aromatic ring is 1. The number of rotatable bonds is 3. The standard InChI is InChI=1S/C16H17NO2S/c1-11-8-13(6-7-14(11)17)20-10-12-9-18-15-4-2-3-5-16(15)19-12/h2-8,12H,9-10,17H2,1H3. The summed E-state index contributed by atoms with van der Waals surface area (Å²) >= 11 is 1.76. The van der Waals surface area contributed by atoms with Crippen molar-refractivity contribution in [1.29, 1.82) is 0 Å². The van der Waals surface area contributed by atoms with Crippen molar-refractivity contribution in [3.8, 4) is 11.5 Å². The van der Waals surface area contributed by atoms with Gasteiger partial charge in [0.25, 0.3) is 0 Å². The van der Waals surface area contributed by atoms with E-state index in [-0.39, 0.29) is 6.10 Å². The molecule has 1 heterocycles. The predicted molar refractivity (Wildman–Crippen MR) is 82.7 cm³/mol. The van der Waals surface area contributed by atoms with Crippen LogP contribution in [0.5, 0.6) is 11.5 Å². The molecule has 0 aromatic heterocycles. The van der Waals surface area contributed by atoms with Gasteiger partial charge in [0, 0.05) is 16.3 Å². The zero-order valence-corrected chi connectivity index (χ0v) is 12.2. The van der Waals surface area contributed by atoms with E-state index in [1.807, 2.05) is 43.3 Å². The maximum atomic E-state index is 5.94. The summed E-state index contributed by atoms with van der Waals surface area (Å²) in [6.45, 7) is 2.62. The van der Waals surface area contributed by atoms with Crippen LogP contribution in [-0.2, 0) is 0 Å². The van der Waals surface area contributed by atoms with Gasteiger partial charge in [0.15, 0.2) is 11.5 Å². The average Bonchev–Trinajstić information content (AvgIpc) is 2.48. The number of hydrogen-bond acceptors (Lipinski definition) is 4. The second kappa shape index (κ2) is 5.67. The van der Waals surface area contributed by atoms with Gasteiger partial charge in [-0.3, -0.25) is 0 Å². The summed E-state index contributed by atoms with van der Waals surface area (Å²) in [6, 6.07) is 13.9. The summed E-state index contributed by atoms with van der Waals surface area (Å²) in [6.07, 6.45) is 0.0766. The van der Waals surface area contributed by atoms with E-state index in [0.717, 1.165) is 28.5 Å². The zero-order chi connectivity index (χ0) is 13.9. The highest BCUT2D eigenvalue weighted by molar-refractivity contribution is 7.99. The maximum Gasteiger partial charge on any atom is 0.161 e. The van der Waals surface area contributed by atoms with E-state index in [1.54, 1.807) is 11.8 Å². The van der Waals surface area contributed by atoms with Gasteiger partial charge in [0.1, 0.15) is 12.7 Å². The van der Waals surface area contributed by atoms with Crippen LogP contribution >= 0.6 is 11.8 Å². The molecule has 3 rings (SSSR count). The molecule has 0 bridgehead atoms. The summed E-state index contributed by atoms with van der Waals surface area (Å²) in [5.74, 6) is 2.52. The minimum atomic E-state index is 0.0766. The van der Waals surface area contributed by atoms with E-state index in [9.17, 15) is 0 Å². The van der Waals surface area contributed by atoms with Crippen molar-refractivity contribution in [1.82, 2.24) is 0 Å². The summed E-state index contributed by atoms with van der Waals surface area (Å²) in [5, 5.41) is 0. The lowest BCUT2D eigenvalue weighted by molar-refractivity contribution is 0.107. The molecule has 20 heavy (non-hydrogen) atoms. The van der Waals surface area contributed by atoms with E-state index >= 15 is 0 Å². The molecule has 2 aromatic rings. The van der Waals surface area contributed by atoms with Crippen molar-refractivity contribution in [3.05, 3.63) is 48.0 Å². The number of para-hydroxylation sites is 2. The van der Waals surface area contributed by atoms with Crippen molar-refractivity contribution in [3.63, 3.8) is 0 Å². The first-order valence-electron chi connectivity index (χ1n) is 6.60. The highest BCUT2D eigenvalue weighted by Gasteiger charge is 2.20. The Hall–Kier alpha value is -1.81. The molecule has 0 fully saturated rings. The van der Waals surface area contributed by atoms with Crippen LogP contribution in [0.2, 0.25) is 0 Å². The topological polar surface area (TPSA) is 44.5 Å². The quantitative estimate of drug-likeness (QED) is 0.693. The van der Waals surface area contributed by atoms with Crippen LogP contribution in [0.25, 0.3) is 0 Å². The van der Waals surface area contributed by atoms with Gasteiger partial charge in [0.05, 0.1) is 0 Å². The molecular formula is C16H17NO2S. The van der Waals surface area contributed by atoms with Crippen LogP contribution < -0.4 is 15.2 Å². The Morgan fingerprint density at radius 3 is 2.80 bits per heavy atom. The Kier molecular flexibility index (Phi) is 3.74. The molecule has 3 nitrogen and oxygen atoms in total. The van der Waals surface area contributed by atoms with Gasteiger partial charge in [-0.15, -0.1) is 11.8 Å². The largest absolute Gasteiger partial charge is 0.486 e. The summed E-state index contributed by atoms with van der Waals surface area (Å²) in [4.78, 5) is 1.21. The number of benzene rings is 2. The Morgan fingerprint density at radius 2 is 2.00 bits per heavy atom. The van der Waals surface area contributed by atoms with Gasteiger partial charge in [0.2, 0.25) is 0 Å². The maximum absolute atomic E-state index is 5.94. The molecular weight excluding hydrogens is 270 g/mol. The smallest absolute Gasteiger partial charge is 0.161 e. The number of fused-ring (bicyclic) bond motifs is 1. The van der Waals surface area contributed by atoms with E-state index in [2.05, 4.69) is 6.07 Å². The third-order valence-electron chi connectivity index (χ3n) is 3.24. The van der Waals surface area contributed by atoms with Gasteiger partial charge in [-0.25, -0.2) is 0 Å². The molecule has 2 N–H and O–H groups in total. The van der Waals surface area contributed by atoms with Crippen LogP contribution in [0, 0.1) is 6.92 Å². The predicted octanol–water partition coefficient (Wildman–Crippen LogP) is 3.51. The molecule has 0 radical (unpaired) electrons. The lowest BCUT2D eigenvalue weighted by Gasteiger charge is -2.26. The van der Waals surface area contributed by atoms with Gasteiger partial charge >= 0.3 is 0 Å². The lowest BCUT2D eigenvalue weighted by Crippen LogP contribution is -2.31. The fourth-order valence-electron chi connectivity index (χ4n) is 2.07. The molecule has 0 aliphatic carbocycles. The van der Waals surface area contributed by atoms with E-state index in [0.29, 0.717) is 6.61 Å². The number of hydrogen-bond donors (Lipinski definition) is 1. The highest BCUT2D eigenvalue weighted by Crippen LogP contribution is 2.32. The second-order valence-corrected chi connectivity index (χ2v) is 5.92. The third-order valence-corrected chi connectivity index (χ3v) is 4.37. The Labute approximate surface area is 123 Å². The number of ether oxygens (including phenoxy) is 2. The summed E-state index contributed by atoms with van der Waals surface area (Å²) in [5.41, 5.74) is 7.77. The van der Waals surface area contributed by atoms with Crippen LogP contribution in [0.15, 0.2) is 47.4 Å². The van der Waals surface area contributed by atoms with Crippen LogP contribution in [0.3, 0.4) is 0 Å². The average molecular weight is 287 g/mol. The van der Waals surface area contributed by atoms with Gasteiger partial charge < -0.3 is 15.2 Å². The van der Waals surface area contributed by atoms with Gasteiger partial charge in [-0.2, -0.15) is 0 Å². The van der Waals surface area contributed by atoms with Crippen LogP contribution in [0.4, 0.5) is 5.69 Å². The monoisotopic (exact) mass is 287 g/mol. The number of thioether (sulfide) groups is 1. The van der Waals surface area contributed by atoms with Crippen LogP contribution in [0.1, 0.15) is 5.56 Å². The lowest BCUT2D eigenvalue weighted by atomic mass is 10.2. The molecule has 1 aliphatic rings. The first-order chi connectivity index (χ1) is 9.72. The SMILES string of the molecule is Cc1cc(SCC2COc3ccccc3O2)ccc1N. The van der Waals surface area contributed by atoms with Gasteiger partial charge in [-0.1, -0.05) is 12.1 Å². The summed E-state index contributed by atoms with van der Waals surface area (Å²) in [7, 11) is 0. The molecule has 1 atom stereocenters. The molecule has 0 spiro atoms. The minimum absolute atomic E-state index is 0.0766. The second-order valence-electron chi connectivity index (χ2n) is 4.83. The molecule has 2 aromatic carbocycles. The highest BCUT2D eigenvalue weighted by atomic mass is 32.2. The molecule has 1 unspecified atom stereocenters. The first-order valence-corrected chi connectivity index (χ1v) is 7.58. The molecule has 0 amide bonds. The number of aryl methyl sites for hydroxylation is 1. The van der Waals surface area contributed by atoms with Crippen molar-refractivity contribution >= 4 is 17.4 Å². The van der Waals surface area contributed by atoms with Gasteiger partial charge in [-0.05, 0) is 42.8 Å². The molecule has 0 saturated heterocycles. The number of nitrogens with two attached hydrogens (primary N) is 1. The Balaban J connectivity index is 1.61. The third kappa shape index (κ3) is 2.85. The molecule has 1 aliphatic heterocycles. The Morgan fingerprint density at radius 1 is 1.20 bits per heavy atom. The van der Waals surface area contributed by atoms with Crippen molar-refractivity contribution in [2.45, 2.75) is 17.9 Å². The zero-order valence-electron chi connectivity index (χ0n) is 11.3. The normalized spacial score (nSPS) is 16.9. The summed E-state index contributed by atoms with van der Waals surface area (Å²) < 4.78 is 11.6. The van der Waals surface area contributed by atoms with E-state index in [4.69, 9.17) is 15.2 Å². The molecule has 4 heteroatoms. The van der Waals surface area contributed by atoms with Crippen LogP contribution in [-0.4, -0.2) is 18.5 Å².